The maximum atomic E-state index is 11.8. The van der Waals surface area contributed by atoms with E-state index in [4.69, 9.17) is 4.74 Å². The van der Waals surface area contributed by atoms with Crippen molar-refractivity contribution in [2.45, 2.75) is 19.4 Å². The number of benzene rings is 1. The van der Waals surface area contributed by atoms with Gasteiger partial charge in [0.1, 0.15) is 0 Å². The van der Waals surface area contributed by atoms with E-state index in [9.17, 15) is 4.79 Å². The van der Waals surface area contributed by atoms with Gasteiger partial charge in [0.15, 0.2) is 0 Å². The van der Waals surface area contributed by atoms with E-state index in [1.54, 1.807) is 0 Å². The lowest BCUT2D eigenvalue weighted by molar-refractivity contribution is 0.0601. The maximum absolute atomic E-state index is 11.8. The molecule has 0 saturated carbocycles. The molecule has 1 heterocycles. The van der Waals surface area contributed by atoms with Crippen LogP contribution in [0, 0.1) is 0 Å². The average molecular weight is 248 g/mol. The van der Waals surface area contributed by atoms with E-state index in [1.165, 1.54) is 7.11 Å². The van der Waals surface area contributed by atoms with Crippen LogP contribution < -0.4 is 10.2 Å². The number of anilines is 1. The molecule has 1 aliphatic rings. The van der Waals surface area contributed by atoms with Crippen LogP contribution in [0.15, 0.2) is 24.3 Å². The summed E-state index contributed by atoms with van der Waals surface area (Å²) in [6.07, 6.45) is 0. The molecule has 1 N–H and O–H groups in total. The predicted molar refractivity (Wildman–Crippen MR) is 72.1 cm³/mol. The summed E-state index contributed by atoms with van der Waals surface area (Å²) in [6.45, 7) is 7.03. The van der Waals surface area contributed by atoms with E-state index in [1.807, 2.05) is 24.3 Å². The summed E-state index contributed by atoms with van der Waals surface area (Å²) in [5.41, 5.74) is 1.65. The van der Waals surface area contributed by atoms with Gasteiger partial charge in [-0.1, -0.05) is 12.1 Å². The van der Waals surface area contributed by atoms with Crippen LogP contribution in [0.1, 0.15) is 24.2 Å². The smallest absolute Gasteiger partial charge is 0.339 e. The summed E-state index contributed by atoms with van der Waals surface area (Å²) in [5.74, 6) is -0.276. The van der Waals surface area contributed by atoms with Gasteiger partial charge >= 0.3 is 5.97 Å². The largest absolute Gasteiger partial charge is 0.465 e. The summed E-state index contributed by atoms with van der Waals surface area (Å²) in [5, 5.41) is 3.46. The van der Waals surface area contributed by atoms with Crippen LogP contribution in [0.5, 0.6) is 0 Å². The zero-order valence-corrected chi connectivity index (χ0v) is 11.2. The van der Waals surface area contributed by atoms with Crippen LogP contribution in [-0.2, 0) is 4.74 Å². The van der Waals surface area contributed by atoms with Crippen molar-refractivity contribution in [1.29, 1.82) is 0 Å². The van der Waals surface area contributed by atoms with E-state index >= 15 is 0 Å². The lowest BCUT2D eigenvalue weighted by Gasteiger charge is -2.40. The Balaban J connectivity index is 2.30. The number of nitrogens with zero attached hydrogens (tertiary/aromatic N) is 1. The summed E-state index contributed by atoms with van der Waals surface area (Å²) < 4.78 is 4.84. The van der Waals surface area contributed by atoms with Gasteiger partial charge in [0.25, 0.3) is 0 Å². The molecule has 0 amide bonds. The Hall–Kier alpha value is -1.55. The number of rotatable bonds is 2. The van der Waals surface area contributed by atoms with Gasteiger partial charge in [0.2, 0.25) is 0 Å². The quantitative estimate of drug-likeness (QED) is 0.808. The minimum Gasteiger partial charge on any atom is -0.465 e. The minimum absolute atomic E-state index is 0.0570. The lowest BCUT2D eigenvalue weighted by Crippen LogP contribution is -2.57. The van der Waals surface area contributed by atoms with Gasteiger partial charge in [0, 0.05) is 25.2 Å². The topological polar surface area (TPSA) is 41.6 Å². The molecular weight excluding hydrogens is 228 g/mol. The van der Waals surface area contributed by atoms with Crippen molar-refractivity contribution < 1.29 is 9.53 Å². The third-order valence-corrected chi connectivity index (χ3v) is 3.22. The average Bonchev–Trinajstić information content (AvgIpc) is 2.36. The first-order chi connectivity index (χ1) is 8.53. The number of para-hydroxylation sites is 1. The molecule has 0 aromatic heterocycles. The second-order valence-corrected chi connectivity index (χ2v) is 5.24. The Morgan fingerprint density at radius 2 is 2.11 bits per heavy atom. The fraction of sp³-hybridized carbons (Fsp3) is 0.500. The molecule has 0 radical (unpaired) electrons. The molecule has 2 rings (SSSR count). The molecule has 1 aromatic carbocycles. The van der Waals surface area contributed by atoms with Crippen LogP contribution in [0.4, 0.5) is 5.69 Å². The van der Waals surface area contributed by atoms with E-state index in [0.29, 0.717) is 5.56 Å². The zero-order valence-electron chi connectivity index (χ0n) is 11.2. The first kappa shape index (κ1) is 12.9. The highest BCUT2D eigenvalue weighted by Crippen LogP contribution is 2.24. The number of hydrogen-bond acceptors (Lipinski definition) is 4. The highest BCUT2D eigenvalue weighted by Gasteiger charge is 2.27. The molecule has 0 unspecified atom stereocenters. The molecule has 0 atom stereocenters. The predicted octanol–water partition coefficient (Wildman–Crippen LogP) is 1.66. The molecule has 1 aliphatic heterocycles. The summed E-state index contributed by atoms with van der Waals surface area (Å²) in [7, 11) is 1.42. The Kier molecular flexibility index (Phi) is 3.57. The van der Waals surface area contributed by atoms with E-state index in [-0.39, 0.29) is 11.5 Å². The fourth-order valence-electron chi connectivity index (χ4n) is 2.38. The third kappa shape index (κ3) is 2.64. The Bertz CT molecular complexity index is 443. The van der Waals surface area contributed by atoms with Gasteiger partial charge in [-0.3, -0.25) is 0 Å². The van der Waals surface area contributed by atoms with Crippen molar-refractivity contribution in [3.05, 3.63) is 29.8 Å². The van der Waals surface area contributed by atoms with Crippen molar-refractivity contribution >= 4 is 11.7 Å². The SMILES string of the molecule is COC(=O)c1ccccc1N1CCNC(C)(C)C1. The molecule has 1 aromatic rings. The van der Waals surface area contributed by atoms with Crippen LogP contribution in [0.25, 0.3) is 0 Å². The van der Waals surface area contributed by atoms with Crippen molar-refractivity contribution in [3.8, 4) is 0 Å². The van der Waals surface area contributed by atoms with Crippen LogP contribution >= 0.6 is 0 Å². The molecular formula is C14H20N2O2. The normalized spacial score (nSPS) is 18.5. The maximum Gasteiger partial charge on any atom is 0.339 e. The molecule has 4 heteroatoms. The Morgan fingerprint density at radius 1 is 1.39 bits per heavy atom. The van der Waals surface area contributed by atoms with Crippen LogP contribution in [0.3, 0.4) is 0 Å². The van der Waals surface area contributed by atoms with E-state index < -0.39 is 0 Å². The number of methoxy groups -OCH3 is 1. The van der Waals surface area contributed by atoms with Crippen LogP contribution in [-0.4, -0.2) is 38.3 Å². The third-order valence-electron chi connectivity index (χ3n) is 3.22. The molecule has 18 heavy (non-hydrogen) atoms. The van der Waals surface area contributed by atoms with Crippen molar-refractivity contribution in [2.75, 3.05) is 31.6 Å². The molecule has 4 nitrogen and oxygen atoms in total. The summed E-state index contributed by atoms with van der Waals surface area (Å²) in [6, 6.07) is 7.61. The van der Waals surface area contributed by atoms with Gasteiger partial charge in [-0.05, 0) is 26.0 Å². The summed E-state index contributed by atoms with van der Waals surface area (Å²) in [4.78, 5) is 14.0. The Labute approximate surface area is 108 Å². The zero-order chi connectivity index (χ0) is 13.2. The standard InChI is InChI=1S/C14H20N2O2/c1-14(2)10-16(9-8-15-14)12-7-5-4-6-11(12)13(17)18-3/h4-7,15H,8-10H2,1-3H3. The van der Waals surface area contributed by atoms with Gasteiger partial charge in [-0.2, -0.15) is 0 Å². The number of esters is 1. The van der Waals surface area contributed by atoms with Gasteiger partial charge in [-0.25, -0.2) is 4.79 Å². The minimum atomic E-state index is -0.276. The first-order valence-corrected chi connectivity index (χ1v) is 6.21. The lowest BCUT2D eigenvalue weighted by atomic mass is 10.0. The van der Waals surface area contributed by atoms with Crippen molar-refractivity contribution in [2.24, 2.45) is 0 Å². The molecule has 1 saturated heterocycles. The van der Waals surface area contributed by atoms with Gasteiger partial charge in [-0.15, -0.1) is 0 Å². The van der Waals surface area contributed by atoms with E-state index in [2.05, 4.69) is 24.1 Å². The first-order valence-electron chi connectivity index (χ1n) is 6.21. The van der Waals surface area contributed by atoms with E-state index in [0.717, 1.165) is 25.3 Å². The fourth-order valence-corrected chi connectivity index (χ4v) is 2.38. The number of nitrogens with one attached hydrogen (secondary N) is 1. The van der Waals surface area contributed by atoms with Crippen LogP contribution in [0.2, 0.25) is 0 Å². The number of piperazine rings is 1. The molecule has 0 bridgehead atoms. The monoisotopic (exact) mass is 248 g/mol. The second-order valence-electron chi connectivity index (χ2n) is 5.24. The molecule has 98 valence electrons. The molecule has 0 aliphatic carbocycles. The number of carbonyl (C=O) groups is 1. The molecule has 1 fully saturated rings. The summed E-state index contributed by atoms with van der Waals surface area (Å²) >= 11 is 0. The highest BCUT2D eigenvalue weighted by atomic mass is 16.5. The van der Waals surface area contributed by atoms with Gasteiger partial charge < -0.3 is 15.0 Å². The number of carbonyl (C=O) groups excluding carboxylic acids is 1. The highest BCUT2D eigenvalue weighted by molar-refractivity contribution is 5.95. The Morgan fingerprint density at radius 3 is 2.78 bits per heavy atom. The van der Waals surface area contributed by atoms with Crippen molar-refractivity contribution in [3.63, 3.8) is 0 Å². The van der Waals surface area contributed by atoms with Crippen molar-refractivity contribution in [1.82, 2.24) is 5.32 Å². The number of hydrogen-bond donors (Lipinski definition) is 1. The van der Waals surface area contributed by atoms with Gasteiger partial charge in [0.05, 0.1) is 18.4 Å². The number of ether oxygens (including phenoxy) is 1. The molecule has 0 spiro atoms. The second kappa shape index (κ2) is 4.98.